The minimum absolute atomic E-state index is 0.108. The molecular formula is C18H19N3O5S. The Bertz CT molecular complexity index is 920. The molecule has 2 aromatic rings. The summed E-state index contributed by atoms with van der Waals surface area (Å²) in [4.78, 5) is 30.0. The van der Waals surface area contributed by atoms with Crippen LogP contribution in [0.1, 0.15) is 25.3 Å². The molecule has 1 aromatic heterocycles. The number of carbonyl (C=O) groups is 1. The number of hydrogen-bond donors (Lipinski definition) is 2. The Morgan fingerprint density at radius 1 is 1.44 bits per heavy atom. The average Bonchev–Trinajstić information content (AvgIpc) is 2.65. The Labute approximate surface area is 160 Å². The number of phenols is 1. The molecule has 0 fully saturated rings. The predicted molar refractivity (Wildman–Crippen MR) is 99.8 cm³/mol. The second-order valence-corrected chi connectivity index (χ2v) is 6.14. The molecular weight excluding hydrogens is 370 g/mol. The first kappa shape index (κ1) is 20.3. The highest BCUT2D eigenvalue weighted by atomic mass is 32.2. The Morgan fingerprint density at radius 3 is 2.85 bits per heavy atom. The number of esters is 1. The van der Waals surface area contributed by atoms with Gasteiger partial charge in [0.15, 0.2) is 5.16 Å². The van der Waals surface area contributed by atoms with E-state index in [4.69, 9.17) is 9.47 Å². The molecule has 2 rings (SSSR count). The fourth-order valence-corrected chi connectivity index (χ4v) is 2.67. The van der Waals surface area contributed by atoms with Crippen molar-refractivity contribution in [1.82, 2.24) is 9.97 Å². The molecule has 0 saturated heterocycles. The number of benzene rings is 1. The van der Waals surface area contributed by atoms with Crippen LogP contribution in [0.3, 0.4) is 0 Å². The monoisotopic (exact) mass is 389 g/mol. The number of aromatic nitrogens is 2. The summed E-state index contributed by atoms with van der Waals surface area (Å²) in [7, 11) is 0. The van der Waals surface area contributed by atoms with Crippen LogP contribution >= 0.6 is 11.8 Å². The number of nitrogens with one attached hydrogen (secondary N) is 1. The van der Waals surface area contributed by atoms with Crippen LogP contribution in [0, 0.1) is 11.3 Å². The second kappa shape index (κ2) is 9.64. The van der Waals surface area contributed by atoms with Crippen LogP contribution in [-0.2, 0) is 9.53 Å². The van der Waals surface area contributed by atoms with E-state index in [0.717, 1.165) is 0 Å². The van der Waals surface area contributed by atoms with Crippen molar-refractivity contribution in [2.45, 2.75) is 24.9 Å². The summed E-state index contributed by atoms with van der Waals surface area (Å²) < 4.78 is 10.3. The third-order valence-electron chi connectivity index (χ3n) is 3.53. The van der Waals surface area contributed by atoms with Gasteiger partial charge in [0.25, 0.3) is 5.56 Å². The lowest BCUT2D eigenvalue weighted by Crippen LogP contribution is -2.14. The van der Waals surface area contributed by atoms with Crippen molar-refractivity contribution in [2.75, 3.05) is 19.5 Å². The Kier molecular flexibility index (Phi) is 7.25. The molecule has 0 spiro atoms. The fourth-order valence-electron chi connectivity index (χ4n) is 2.29. The van der Waals surface area contributed by atoms with Gasteiger partial charge in [-0.05, 0) is 31.7 Å². The van der Waals surface area contributed by atoms with E-state index < -0.39 is 5.56 Å². The summed E-state index contributed by atoms with van der Waals surface area (Å²) in [6.07, 6.45) is 2.46. The highest BCUT2D eigenvalue weighted by Gasteiger charge is 2.16. The van der Waals surface area contributed by atoms with E-state index in [-0.39, 0.29) is 41.6 Å². The molecule has 142 valence electrons. The van der Waals surface area contributed by atoms with Gasteiger partial charge in [0.05, 0.1) is 13.2 Å². The smallest absolute Gasteiger partial charge is 0.305 e. The van der Waals surface area contributed by atoms with Gasteiger partial charge in [-0.25, -0.2) is 4.98 Å². The van der Waals surface area contributed by atoms with E-state index in [1.165, 1.54) is 23.9 Å². The van der Waals surface area contributed by atoms with Crippen LogP contribution in [0.15, 0.2) is 28.2 Å². The first-order valence-corrected chi connectivity index (χ1v) is 9.42. The summed E-state index contributed by atoms with van der Waals surface area (Å²) in [5.74, 6) is -0.0543. The number of nitriles is 1. The van der Waals surface area contributed by atoms with Gasteiger partial charge in [-0.2, -0.15) is 5.26 Å². The van der Waals surface area contributed by atoms with E-state index in [0.29, 0.717) is 23.9 Å². The number of nitrogens with zero attached hydrogens (tertiary/aromatic N) is 2. The van der Waals surface area contributed by atoms with Crippen molar-refractivity contribution in [3.05, 3.63) is 34.1 Å². The third-order valence-corrected chi connectivity index (χ3v) is 4.11. The third kappa shape index (κ3) is 5.24. The summed E-state index contributed by atoms with van der Waals surface area (Å²) >= 11 is 1.22. The van der Waals surface area contributed by atoms with E-state index in [9.17, 15) is 20.0 Å². The Hall–Kier alpha value is -2.99. The highest BCUT2D eigenvalue weighted by molar-refractivity contribution is 7.98. The lowest BCUT2D eigenvalue weighted by molar-refractivity contribution is -0.143. The highest BCUT2D eigenvalue weighted by Crippen LogP contribution is 2.33. The molecule has 2 N–H and O–H groups in total. The summed E-state index contributed by atoms with van der Waals surface area (Å²) in [5, 5.41) is 19.9. The van der Waals surface area contributed by atoms with Gasteiger partial charge in [-0.3, -0.25) is 9.59 Å². The van der Waals surface area contributed by atoms with Crippen LogP contribution in [0.4, 0.5) is 0 Å². The summed E-state index contributed by atoms with van der Waals surface area (Å²) in [5.41, 5.74) is -0.375. The molecule has 9 heteroatoms. The lowest BCUT2D eigenvalue weighted by Gasteiger charge is -2.10. The number of rotatable bonds is 8. The summed E-state index contributed by atoms with van der Waals surface area (Å²) in [6, 6.07) is 6.32. The standard InChI is InChI=1S/C18H19N3O5S/c1-3-25-15(23)5-4-8-26-11-6-7-12(14(22)9-11)16-13(10-19)17(24)21-18(20-16)27-2/h6-7,9,22H,3-5,8H2,1-2H3,(H,20,21,24). The zero-order valence-electron chi connectivity index (χ0n) is 14.9. The van der Waals surface area contributed by atoms with Gasteiger partial charge >= 0.3 is 5.97 Å². The van der Waals surface area contributed by atoms with Gasteiger partial charge in [0, 0.05) is 18.1 Å². The zero-order valence-corrected chi connectivity index (χ0v) is 15.8. The number of carbonyl (C=O) groups excluding carboxylic acids is 1. The van der Waals surface area contributed by atoms with Crippen molar-refractivity contribution in [1.29, 1.82) is 5.26 Å². The molecule has 0 unspecified atom stereocenters. The maximum absolute atomic E-state index is 12.0. The minimum atomic E-state index is -0.564. The molecule has 0 aliphatic rings. The van der Waals surface area contributed by atoms with Crippen LogP contribution in [0.2, 0.25) is 0 Å². The Morgan fingerprint density at radius 2 is 2.22 bits per heavy atom. The predicted octanol–water partition coefficient (Wildman–Crippen LogP) is 2.46. The van der Waals surface area contributed by atoms with Gasteiger partial charge in [-0.15, -0.1) is 0 Å². The first-order chi connectivity index (χ1) is 13.0. The van der Waals surface area contributed by atoms with Crippen LogP contribution in [0.25, 0.3) is 11.3 Å². The number of aromatic hydroxyl groups is 1. The zero-order chi connectivity index (χ0) is 19.8. The number of thioether (sulfide) groups is 1. The average molecular weight is 389 g/mol. The number of aromatic amines is 1. The van der Waals surface area contributed by atoms with Crippen molar-refractivity contribution >= 4 is 17.7 Å². The molecule has 0 saturated carbocycles. The summed E-state index contributed by atoms with van der Waals surface area (Å²) in [6.45, 7) is 2.36. The number of H-pyrrole nitrogens is 1. The maximum atomic E-state index is 12.0. The van der Waals surface area contributed by atoms with Gasteiger partial charge < -0.3 is 19.6 Å². The second-order valence-electron chi connectivity index (χ2n) is 5.35. The number of hydrogen-bond acceptors (Lipinski definition) is 8. The molecule has 0 radical (unpaired) electrons. The van der Waals surface area contributed by atoms with Crippen LogP contribution in [-0.4, -0.2) is 40.5 Å². The molecule has 0 aliphatic heterocycles. The molecule has 0 atom stereocenters. The van der Waals surface area contributed by atoms with E-state index in [1.807, 2.05) is 6.07 Å². The maximum Gasteiger partial charge on any atom is 0.305 e. The van der Waals surface area contributed by atoms with Gasteiger partial charge in [0.2, 0.25) is 0 Å². The van der Waals surface area contributed by atoms with Crippen LogP contribution < -0.4 is 10.3 Å². The molecule has 0 amide bonds. The molecule has 27 heavy (non-hydrogen) atoms. The lowest BCUT2D eigenvalue weighted by atomic mass is 10.1. The topological polar surface area (TPSA) is 125 Å². The minimum Gasteiger partial charge on any atom is -0.507 e. The molecule has 8 nitrogen and oxygen atoms in total. The quantitative estimate of drug-likeness (QED) is 0.305. The van der Waals surface area contributed by atoms with Crippen LogP contribution in [0.5, 0.6) is 11.5 Å². The number of phenolic OH excluding ortho intramolecular Hbond substituents is 1. The van der Waals surface area contributed by atoms with Crippen molar-refractivity contribution < 1.29 is 19.4 Å². The van der Waals surface area contributed by atoms with E-state index >= 15 is 0 Å². The van der Waals surface area contributed by atoms with Crippen molar-refractivity contribution in [2.24, 2.45) is 0 Å². The van der Waals surface area contributed by atoms with Gasteiger partial charge in [0.1, 0.15) is 28.8 Å². The normalized spacial score (nSPS) is 10.3. The van der Waals surface area contributed by atoms with Gasteiger partial charge in [-0.1, -0.05) is 11.8 Å². The first-order valence-electron chi connectivity index (χ1n) is 8.20. The van der Waals surface area contributed by atoms with Crippen molar-refractivity contribution in [3.63, 3.8) is 0 Å². The Balaban J connectivity index is 2.16. The van der Waals surface area contributed by atoms with E-state index in [2.05, 4.69) is 9.97 Å². The molecule has 0 aliphatic carbocycles. The fraction of sp³-hybridized carbons (Fsp3) is 0.333. The molecule has 0 bridgehead atoms. The SMILES string of the molecule is CCOC(=O)CCCOc1ccc(-c2nc(SC)[nH]c(=O)c2C#N)c(O)c1. The van der Waals surface area contributed by atoms with E-state index in [1.54, 1.807) is 19.2 Å². The number of ether oxygens (including phenoxy) is 2. The van der Waals surface area contributed by atoms with Crippen molar-refractivity contribution in [3.8, 4) is 28.8 Å². The largest absolute Gasteiger partial charge is 0.507 e. The molecule has 1 aromatic carbocycles. The molecule has 1 heterocycles.